The molecule has 0 atom stereocenters. The molecule has 1 aromatic carbocycles. The van der Waals surface area contributed by atoms with E-state index in [9.17, 15) is 0 Å². The Morgan fingerprint density at radius 1 is 1.09 bits per heavy atom. The Labute approximate surface area is 138 Å². The van der Waals surface area contributed by atoms with Crippen molar-refractivity contribution in [3.63, 3.8) is 0 Å². The van der Waals surface area contributed by atoms with Crippen molar-refractivity contribution >= 4 is 28.1 Å². The van der Waals surface area contributed by atoms with Crippen molar-refractivity contribution in [1.29, 1.82) is 0 Å². The van der Waals surface area contributed by atoms with E-state index >= 15 is 0 Å². The molecule has 5 N–H and O–H groups in total. The molecule has 23 heavy (non-hydrogen) atoms. The van der Waals surface area contributed by atoms with Gasteiger partial charge in [-0.05, 0) is 12.1 Å². The number of hydrogen-bond acceptors (Lipinski definition) is 4. The van der Waals surface area contributed by atoms with Crippen molar-refractivity contribution < 1.29 is 0 Å². The average molecular weight is 323 g/mol. The molecule has 1 aromatic heterocycles. The maximum absolute atomic E-state index is 5.96. The zero-order valence-corrected chi connectivity index (χ0v) is 13.2. The van der Waals surface area contributed by atoms with E-state index in [0.717, 1.165) is 16.9 Å². The van der Waals surface area contributed by atoms with Crippen LogP contribution in [0, 0.1) is 0 Å². The smallest absolute Gasteiger partial charge is 0.195 e. The molecule has 2 aromatic rings. The molecular weight excluding hydrogens is 306 g/mol. The second-order valence-corrected chi connectivity index (χ2v) is 5.80. The highest BCUT2D eigenvalue weighted by Gasteiger charge is 2.06. The molecule has 0 aliphatic heterocycles. The van der Waals surface area contributed by atoms with E-state index in [-0.39, 0.29) is 6.04 Å². The minimum atomic E-state index is -0.0750. The van der Waals surface area contributed by atoms with Crippen LogP contribution in [0.5, 0.6) is 0 Å². The lowest BCUT2D eigenvalue weighted by molar-refractivity contribution is 1.02. The lowest BCUT2D eigenvalue weighted by Crippen LogP contribution is -2.24. The summed E-state index contributed by atoms with van der Waals surface area (Å²) in [6.45, 7) is 0. The predicted molar refractivity (Wildman–Crippen MR) is 98.4 cm³/mol. The molecule has 0 amide bonds. The van der Waals surface area contributed by atoms with Crippen molar-refractivity contribution in [2.45, 2.75) is 6.04 Å². The van der Waals surface area contributed by atoms with Gasteiger partial charge in [0.05, 0.1) is 11.7 Å². The summed E-state index contributed by atoms with van der Waals surface area (Å²) >= 11 is 1.48. The second-order valence-electron chi connectivity index (χ2n) is 4.94. The Kier molecular flexibility index (Phi) is 4.54. The van der Waals surface area contributed by atoms with Crippen LogP contribution in [0.3, 0.4) is 0 Å². The van der Waals surface area contributed by atoms with Crippen LogP contribution in [0.2, 0.25) is 0 Å². The van der Waals surface area contributed by atoms with Gasteiger partial charge in [0.2, 0.25) is 0 Å². The molecule has 3 rings (SSSR count). The molecule has 0 fully saturated rings. The first-order chi connectivity index (χ1) is 11.2. The molecule has 0 saturated heterocycles. The summed E-state index contributed by atoms with van der Waals surface area (Å²) in [5, 5.41) is 5.71. The van der Waals surface area contributed by atoms with Crippen molar-refractivity contribution in [2.24, 2.45) is 10.7 Å². The average Bonchev–Trinajstić information content (AvgIpc) is 2.84. The zero-order valence-electron chi connectivity index (χ0n) is 12.4. The van der Waals surface area contributed by atoms with Crippen LogP contribution in [0.1, 0.15) is 0 Å². The Bertz CT molecular complexity index is 768. The van der Waals surface area contributed by atoms with Crippen molar-refractivity contribution in [3.05, 3.63) is 66.1 Å². The summed E-state index contributed by atoms with van der Waals surface area (Å²) in [4.78, 5) is 8.92. The number of guanidine groups is 1. The largest absolute Gasteiger partial charge is 0.399 e. The van der Waals surface area contributed by atoms with Gasteiger partial charge in [-0.3, -0.25) is 0 Å². The molecule has 0 bridgehead atoms. The molecule has 0 radical (unpaired) electrons. The van der Waals surface area contributed by atoms with Crippen LogP contribution < -0.4 is 16.8 Å². The number of nitrogens with zero attached hydrogens (tertiary/aromatic N) is 2. The number of nitrogens with one attached hydrogen (secondary N) is 1. The minimum absolute atomic E-state index is 0.0750. The number of hydrogen-bond donors (Lipinski definition) is 3. The molecule has 0 spiro atoms. The number of rotatable bonds is 3. The lowest BCUT2D eigenvalue weighted by atomic mass is 10.1. The van der Waals surface area contributed by atoms with Crippen LogP contribution in [0.25, 0.3) is 11.3 Å². The number of nitrogens with two attached hydrogens (primary N) is 2. The third kappa shape index (κ3) is 4.08. The molecule has 116 valence electrons. The van der Waals surface area contributed by atoms with Crippen molar-refractivity contribution in [3.8, 4) is 11.3 Å². The first kappa shape index (κ1) is 15.1. The van der Waals surface area contributed by atoms with Gasteiger partial charge in [0.25, 0.3) is 0 Å². The predicted octanol–water partition coefficient (Wildman–Crippen LogP) is 3.17. The van der Waals surface area contributed by atoms with Gasteiger partial charge >= 0.3 is 0 Å². The van der Waals surface area contributed by atoms with Gasteiger partial charge in [-0.15, -0.1) is 11.3 Å². The van der Waals surface area contributed by atoms with Gasteiger partial charge in [0.1, 0.15) is 0 Å². The van der Waals surface area contributed by atoms with Gasteiger partial charge in [-0.25, -0.2) is 9.98 Å². The highest BCUT2D eigenvalue weighted by Crippen LogP contribution is 2.25. The molecule has 0 saturated carbocycles. The fraction of sp³-hybridized carbons (Fsp3) is 0.0588. The molecule has 1 aliphatic carbocycles. The maximum atomic E-state index is 5.96. The monoisotopic (exact) mass is 323 g/mol. The maximum Gasteiger partial charge on any atom is 0.195 e. The number of nitrogen functional groups attached to an aromatic ring is 1. The molecule has 5 nitrogen and oxygen atoms in total. The van der Waals surface area contributed by atoms with E-state index in [1.165, 1.54) is 11.3 Å². The second kappa shape index (κ2) is 6.93. The number of aliphatic imine (C=N–C) groups is 1. The van der Waals surface area contributed by atoms with Gasteiger partial charge in [0, 0.05) is 16.6 Å². The van der Waals surface area contributed by atoms with E-state index < -0.39 is 0 Å². The molecule has 1 heterocycles. The van der Waals surface area contributed by atoms with Crippen molar-refractivity contribution in [2.75, 3.05) is 11.1 Å². The number of thiazole rings is 1. The highest BCUT2D eigenvalue weighted by atomic mass is 32.1. The van der Waals surface area contributed by atoms with Crippen LogP contribution in [-0.4, -0.2) is 17.0 Å². The van der Waals surface area contributed by atoms with Gasteiger partial charge in [0.15, 0.2) is 11.1 Å². The quantitative estimate of drug-likeness (QED) is 0.460. The van der Waals surface area contributed by atoms with Gasteiger partial charge < -0.3 is 16.8 Å². The SMILES string of the molecule is NC(=NC1C=CC=CC=C1)Nc1nc(-c2ccc(N)cc2)cs1. The molecule has 0 unspecified atom stereocenters. The fourth-order valence-electron chi connectivity index (χ4n) is 2.05. The third-order valence-electron chi connectivity index (χ3n) is 3.18. The third-order valence-corrected chi connectivity index (χ3v) is 3.94. The Hall–Kier alpha value is -2.86. The molecular formula is C17H17N5S. The standard InChI is InChI=1S/C17H17N5S/c18-13-9-7-12(8-10-13)15-11-23-17(21-15)22-16(19)20-14-5-3-1-2-4-6-14/h1-11,14H,18H2,(H3,19,20,21,22). The summed E-state index contributed by atoms with van der Waals surface area (Å²) in [7, 11) is 0. The van der Waals surface area contributed by atoms with E-state index in [1.807, 2.05) is 66.1 Å². The van der Waals surface area contributed by atoms with Crippen LogP contribution >= 0.6 is 11.3 Å². The van der Waals surface area contributed by atoms with Crippen LogP contribution in [0.4, 0.5) is 10.8 Å². The van der Waals surface area contributed by atoms with Crippen molar-refractivity contribution in [1.82, 2.24) is 4.98 Å². The van der Waals surface area contributed by atoms with E-state index in [2.05, 4.69) is 15.3 Å². The first-order valence-corrected chi connectivity index (χ1v) is 8.02. The lowest BCUT2D eigenvalue weighted by Gasteiger charge is -2.05. The van der Waals surface area contributed by atoms with E-state index in [4.69, 9.17) is 11.5 Å². The summed E-state index contributed by atoms with van der Waals surface area (Å²) in [6, 6.07) is 7.53. The summed E-state index contributed by atoms with van der Waals surface area (Å²) in [6.07, 6.45) is 11.7. The van der Waals surface area contributed by atoms with Crippen LogP contribution in [-0.2, 0) is 0 Å². The molecule has 6 heteroatoms. The minimum Gasteiger partial charge on any atom is -0.399 e. The zero-order chi connectivity index (χ0) is 16.1. The number of anilines is 2. The Morgan fingerprint density at radius 3 is 2.48 bits per heavy atom. The normalized spacial score (nSPS) is 14.9. The van der Waals surface area contributed by atoms with E-state index in [1.54, 1.807) is 0 Å². The van der Waals surface area contributed by atoms with Gasteiger partial charge in [-0.1, -0.05) is 48.6 Å². The number of allylic oxidation sites excluding steroid dienone is 4. The fourth-order valence-corrected chi connectivity index (χ4v) is 2.78. The molecule has 1 aliphatic rings. The van der Waals surface area contributed by atoms with E-state index in [0.29, 0.717) is 11.1 Å². The van der Waals surface area contributed by atoms with Gasteiger partial charge in [-0.2, -0.15) is 0 Å². The number of benzene rings is 1. The summed E-state index contributed by atoms with van der Waals surface area (Å²) in [5.74, 6) is 0.337. The Morgan fingerprint density at radius 2 is 1.78 bits per heavy atom. The first-order valence-electron chi connectivity index (χ1n) is 7.14. The summed E-state index contributed by atoms with van der Waals surface area (Å²) in [5.41, 5.74) is 14.3. The van der Waals surface area contributed by atoms with Crippen LogP contribution in [0.15, 0.2) is 71.1 Å². The summed E-state index contributed by atoms with van der Waals surface area (Å²) < 4.78 is 0. The highest BCUT2D eigenvalue weighted by molar-refractivity contribution is 7.14. The number of aromatic nitrogens is 1. The topological polar surface area (TPSA) is 89.3 Å². The Balaban J connectivity index is 1.70.